The van der Waals surface area contributed by atoms with E-state index in [2.05, 4.69) is 10.2 Å². The van der Waals surface area contributed by atoms with Crippen molar-refractivity contribution in [2.24, 2.45) is 5.92 Å². The minimum Gasteiger partial charge on any atom is -0.488 e. The number of carbonyl (C=O) groups is 3. The van der Waals surface area contributed by atoms with Crippen molar-refractivity contribution in [2.45, 2.75) is 39.0 Å². The minimum atomic E-state index is -0.963. The average Bonchev–Trinajstić information content (AvgIpc) is 2.95. The molecule has 3 aromatic rings. The topological polar surface area (TPSA) is 119 Å². The fraction of sp³-hybridized carbons (Fsp3) is 0.344. The predicted octanol–water partition coefficient (Wildman–Crippen LogP) is 3.92. The van der Waals surface area contributed by atoms with Gasteiger partial charge in [-0.3, -0.25) is 14.5 Å². The summed E-state index contributed by atoms with van der Waals surface area (Å²) in [6, 6.07) is 20.9. The van der Waals surface area contributed by atoms with Crippen LogP contribution in [-0.4, -0.2) is 76.7 Å². The number of nitrogens with zero attached hydrogens (tertiary/aromatic N) is 2. The lowest BCUT2D eigenvalue weighted by atomic mass is 9.99. The molecule has 0 radical (unpaired) electrons. The highest BCUT2D eigenvalue weighted by molar-refractivity contribution is 6.00. The van der Waals surface area contributed by atoms with E-state index in [0.29, 0.717) is 36.6 Å². The Morgan fingerprint density at radius 1 is 1.07 bits per heavy atom. The highest BCUT2D eigenvalue weighted by Gasteiger charge is 2.33. The molecule has 0 unspecified atom stereocenters. The number of hydrogen-bond donors (Lipinski definition) is 3. The smallest absolute Gasteiger partial charge is 0.335 e. The van der Waals surface area contributed by atoms with E-state index < -0.39 is 12.0 Å². The fourth-order valence-corrected chi connectivity index (χ4v) is 4.94. The van der Waals surface area contributed by atoms with Crippen LogP contribution in [0.1, 0.15) is 45.7 Å². The first-order valence-corrected chi connectivity index (χ1v) is 13.7. The molecule has 0 aromatic heterocycles. The van der Waals surface area contributed by atoms with Crippen LogP contribution in [0.25, 0.3) is 0 Å². The number of carboxylic acids is 1. The molecule has 3 atom stereocenters. The van der Waals surface area contributed by atoms with Crippen LogP contribution >= 0.6 is 0 Å². The molecule has 41 heavy (non-hydrogen) atoms. The van der Waals surface area contributed by atoms with Crippen LogP contribution in [0.2, 0.25) is 0 Å². The third-order valence-electron chi connectivity index (χ3n) is 7.30. The van der Waals surface area contributed by atoms with Gasteiger partial charge >= 0.3 is 5.97 Å². The Bertz CT molecular complexity index is 1360. The Labute approximate surface area is 240 Å². The number of carboxylic acid groups (broad SMARTS) is 1. The fourth-order valence-electron chi connectivity index (χ4n) is 4.94. The first-order valence-electron chi connectivity index (χ1n) is 13.7. The van der Waals surface area contributed by atoms with Crippen molar-refractivity contribution in [3.05, 3.63) is 95.1 Å². The van der Waals surface area contributed by atoms with Gasteiger partial charge in [-0.2, -0.15) is 0 Å². The first kappa shape index (κ1) is 29.8. The quantitative estimate of drug-likeness (QED) is 0.345. The molecule has 0 bridgehead atoms. The first-order chi connectivity index (χ1) is 19.6. The van der Waals surface area contributed by atoms with Crippen LogP contribution in [0.4, 0.5) is 5.69 Å². The molecule has 1 aliphatic heterocycles. The van der Waals surface area contributed by atoms with Crippen LogP contribution in [0.15, 0.2) is 72.8 Å². The summed E-state index contributed by atoms with van der Waals surface area (Å²) in [5.41, 5.74) is 2.91. The van der Waals surface area contributed by atoms with Crippen molar-refractivity contribution in [3.8, 4) is 5.75 Å². The van der Waals surface area contributed by atoms with Crippen molar-refractivity contribution < 1.29 is 29.3 Å². The lowest BCUT2D eigenvalue weighted by Gasteiger charge is -2.38. The number of nitrogens with one attached hydrogen (secondary N) is 1. The Morgan fingerprint density at radius 3 is 2.44 bits per heavy atom. The average molecular weight is 560 g/mol. The van der Waals surface area contributed by atoms with E-state index in [9.17, 15) is 19.5 Å². The molecule has 2 amide bonds. The highest BCUT2D eigenvalue weighted by atomic mass is 16.5. The zero-order valence-corrected chi connectivity index (χ0v) is 23.6. The molecule has 0 aliphatic carbocycles. The molecule has 3 N–H and O–H groups in total. The van der Waals surface area contributed by atoms with Gasteiger partial charge in [0.1, 0.15) is 11.9 Å². The Balaban J connectivity index is 1.54. The van der Waals surface area contributed by atoms with Gasteiger partial charge in [-0.1, -0.05) is 49.4 Å². The number of fused-ring (bicyclic) bond motifs is 1. The highest BCUT2D eigenvalue weighted by Crippen LogP contribution is 2.31. The largest absolute Gasteiger partial charge is 0.488 e. The molecule has 1 heterocycles. The monoisotopic (exact) mass is 559 g/mol. The predicted molar refractivity (Wildman–Crippen MR) is 156 cm³/mol. The molecule has 0 fully saturated rings. The molecule has 4 rings (SSSR count). The van der Waals surface area contributed by atoms with E-state index in [-0.39, 0.29) is 42.4 Å². The van der Waals surface area contributed by atoms with Gasteiger partial charge < -0.3 is 25.2 Å². The number of hydrogen-bond acceptors (Lipinski definition) is 6. The SMILES string of the molecule is C[C@@H]1CN([C@H](C)CO)C(=O)c2cc(NC(=O)Cc3ccccc3)ccc2O[C@@H]1CN(C)Cc1ccc(C(=O)O)cc1. The maximum atomic E-state index is 13.7. The second kappa shape index (κ2) is 13.4. The normalized spacial score (nSPS) is 17.7. The number of rotatable bonds is 10. The van der Waals surface area contributed by atoms with Gasteiger partial charge in [0, 0.05) is 31.2 Å². The maximum Gasteiger partial charge on any atom is 0.335 e. The third-order valence-corrected chi connectivity index (χ3v) is 7.30. The summed E-state index contributed by atoms with van der Waals surface area (Å²) in [5, 5.41) is 22.0. The minimum absolute atomic E-state index is 0.0526. The standard InChI is InChI=1S/C32H37N3O6/c1-21-17-35(22(2)20-36)31(38)27-16-26(33-30(37)15-23-7-5-4-6-8-23)13-14-28(27)41-29(21)19-34(3)18-24-9-11-25(12-10-24)32(39)40/h4-14,16,21-22,29,36H,15,17-20H2,1-3H3,(H,33,37)(H,39,40)/t21-,22-,29-/m1/s1. The van der Waals surface area contributed by atoms with Crippen LogP contribution < -0.4 is 10.1 Å². The number of benzene rings is 3. The lowest BCUT2D eigenvalue weighted by Crippen LogP contribution is -2.49. The van der Waals surface area contributed by atoms with E-state index >= 15 is 0 Å². The van der Waals surface area contributed by atoms with E-state index in [4.69, 9.17) is 9.84 Å². The van der Waals surface area contributed by atoms with Crippen molar-refractivity contribution in [1.29, 1.82) is 0 Å². The molecule has 9 heteroatoms. The molecule has 9 nitrogen and oxygen atoms in total. The molecule has 1 aliphatic rings. The van der Waals surface area contributed by atoms with Gasteiger partial charge in [-0.25, -0.2) is 4.79 Å². The zero-order valence-electron chi connectivity index (χ0n) is 23.6. The molecule has 0 spiro atoms. The van der Waals surface area contributed by atoms with Gasteiger partial charge in [-0.05, 0) is 55.4 Å². The van der Waals surface area contributed by atoms with E-state index in [1.165, 1.54) is 0 Å². The van der Waals surface area contributed by atoms with Gasteiger partial charge in [0.2, 0.25) is 5.91 Å². The van der Waals surface area contributed by atoms with Gasteiger partial charge in [0.15, 0.2) is 0 Å². The van der Waals surface area contributed by atoms with E-state index in [1.54, 1.807) is 54.3 Å². The molecule has 3 aromatic carbocycles. The number of aliphatic hydroxyl groups is 1. The maximum absolute atomic E-state index is 13.7. The second-order valence-corrected chi connectivity index (χ2v) is 10.7. The number of likely N-dealkylation sites (N-methyl/N-ethyl adjacent to an activating group) is 1. The summed E-state index contributed by atoms with van der Waals surface area (Å²) in [5.74, 6) is -1.06. The second-order valence-electron chi connectivity index (χ2n) is 10.7. The summed E-state index contributed by atoms with van der Waals surface area (Å²) in [6.07, 6.45) is -0.0712. The van der Waals surface area contributed by atoms with Crippen molar-refractivity contribution in [3.63, 3.8) is 0 Å². The Hall–Kier alpha value is -4.21. The number of aliphatic hydroxyl groups excluding tert-OH is 1. The molecular weight excluding hydrogens is 522 g/mol. The van der Waals surface area contributed by atoms with E-state index in [0.717, 1.165) is 11.1 Å². The summed E-state index contributed by atoms with van der Waals surface area (Å²) in [7, 11) is 1.96. The van der Waals surface area contributed by atoms with Crippen LogP contribution in [0.3, 0.4) is 0 Å². The van der Waals surface area contributed by atoms with Crippen molar-refractivity contribution in [1.82, 2.24) is 9.80 Å². The van der Waals surface area contributed by atoms with Crippen molar-refractivity contribution >= 4 is 23.5 Å². The number of carbonyl (C=O) groups excluding carboxylic acids is 2. The van der Waals surface area contributed by atoms with Gasteiger partial charge in [0.25, 0.3) is 5.91 Å². The van der Waals surface area contributed by atoms with Crippen LogP contribution in [-0.2, 0) is 17.8 Å². The van der Waals surface area contributed by atoms with Crippen LogP contribution in [0.5, 0.6) is 5.75 Å². The molecule has 0 saturated carbocycles. The lowest BCUT2D eigenvalue weighted by molar-refractivity contribution is -0.115. The molecule has 0 saturated heterocycles. The number of ether oxygens (including phenoxy) is 1. The zero-order chi connectivity index (χ0) is 29.5. The Kier molecular flexibility index (Phi) is 9.75. The summed E-state index contributed by atoms with van der Waals surface area (Å²) in [4.78, 5) is 41.3. The third kappa shape index (κ3) is 7.71. The van der Waals surface area contributed by atoms with E-state index in [1.807, 2.05) is 44.3 Å². The summed E-state index contributed by atoms with van der Waals surface area (Å²) >= 11 is 0. The summed E-state index contributed by atoms with van der Waals surface area (Å²) in [6.45, 7) is 5.16. The molecular formula is C32H37N3O6. The number of anilines is 1. The number of amides is 2. The number of aromatic carboxylic acids is 1. The van der Waals surface area contributed by atoms with Gasteiger partial charge in [-0.15, -0.1) is 0 Å². The van der Waals surface area contributed by atoms with Gasteiger partial charge in [0.05, 0.1) is 30.2 Å². The van der Waals surface area contributed by atoms with Crippen molar-refractivity contribution in [2.75, 3.05) is 32.1 Å². The Morgan fingerprint density at radius 2 is 1.78 bits per heavy atom. The molecule has 216 valence electrons. The summed E-state index contributed by atoms with van der Waals surface area (Å²) < 4.78 is 6.45. The van der Waals surface area contributed by atoms with Crippen LogP contribution in [0, 0.1) is 5.92 Å².